The molecule has 0 saturated carbocycles. The minimum Gasteiger partial charge on any atom is -0.486 e. The van der Waals surface area contributed by atoms with Gasteiger partial charge in [0.15, 0.2) is 17.3 Å². The molecule has 9 heteroatoms. The van der Waals surface area contributed by atoms with Crippen molar-refractivity contribution in [3.8, 4) is 27.9 Å². The fourth-order valence-electron chi connectivity index (χ4n) is 3.43. The van der Waals surface area contributed by atoms with Gasteiger partial charge in [-0.25, -0.2) is 14.1 Å². The van der Waals surface area contributed by atoms with E-state index >= 15 is 0 Å². The van der Waals surface area contributed by atoms with Crippen LogP contribution in [-0.4, -0.2) is 45.8 Å². The highest BCUT2D eigenvalue weighted by Gasteiger charge is 2.23. The fraction of sp³-hybridized carbons (Fsp3) is 0.174. The zero-order chi connectivity index (χ0) is 22.1. The summed E-state index contributed by atoms with van der Waals surface area (Å²) in [5.41, 5.74) is 1.53. The number of carbonyl (C=O) groups excluding carboxylic acids is 1. The van der Waals surface area contributed by atoms with Crippen LogP contribution in [0.5, 0.6) is 11.5 Å². The normalized spacial score (nSPS) is 12.6. The van der Waals surface area contributed by atoms with E-state index in [0.717, 1.165) is 10.4 Å². The van der Waals surface area contributed by atoms with Crippen molar-refractivity contribution < 1.29 is 18.7 Å². The highest BCUT2D eigenvalue weighted by atomic mass is 32.1. The summed E-state index contributed by atoms with van der Waals surface area (Å²) >= 11 is 1.49. The lowest BCUT2D eigenvalue weighted by Crippen LogP contribution is -2.27. The summed E-state index contributed by atoms with van der Waals surface area (Å²) in [6.07, 6.45) is 0. The molecule has 5 rings (SSSR count). The molecule has 0 unspecified atom stereocenters. The van der Waals surface area contributed by atoms with Crippen LogP contribution >= 0.6 is 11.3 Å². The van der Waals surface area contributed by atoms with E-state index in [4.69, 9.17) is 9.47 Å². The summed E-state index contributed by atoms with van der Waals surface area (Å²) in [4.78, 5) is 20.1. The van der Waals surface area contributed by atoms with Crippen molar-refractivity contribution in [3.05, 3.63) is 77.2 Å². The molecule has 1 aliphatic heterocycles. The van der Waals surface area contributed by atoms with Crippen molar-refractivity contribution in [2.24, 2.45) is 0 Å². The van der Waals surface area contributed by atoms with Crippen molar-refractivity contribution in [1.29, 1.82) is 0 Å². The maximum atomic E-state index is 13.4. The molecule has 0 N–H and O–H groups in total. The highest BCUT2D eigenvalue weighted by molar-refractivity contribution is 7.13. The van der Waals surface area contributed by atoms with Gasteiger partial charge in [-0.05, 0) is 53.4 Å². The lowest BCUT2D eigenvalue weighted by molar-refractivity contribution is 0.0772. The van der Waals surface area contributed by atoms with E-state index in [1.807, 2.05) is 35.7 Å². The van der Waals surface area contributed by atoms with E-state index in [2.05, 4.69) is 10.1 Å². The van der Waals surface area contributed by atoms with Gasteiger partial charge in [0.05, 0.1) is 10.6 Å². The monoisotopic (exact) mass is 450 g/mol. The van der Waals surface area contributed by atoms with E-state index in [1.165, 1.54) is 23.5 Å². The summed E-state index contributed by atoms with van der Waals surface area (Å²) in [5, 5.41) is 6.38. The van der Waals surface area contributed by atoms with Gasteiger partial charge in [0.1, 0.15) is 19.0 Å². The Balaban J connectivity index is 1.43. The summed E-state index contributed by atoms with van der Waals surface area (Å²) < 4.78 is 26.1. The lowest BCUT2D eigenvalue weighted by atomic mass is 10.2. The van der Waals surface area contributed by atoms with Crippen LogP contribution in [0.2, 0.25) is 0 Å². The number of hydrogen-bond donors (Lipinski definition) is 0. The highest BCUT2D eigenvalue weighted by Crippen LogP contribution is 2.31. The van der Waals surface area contributed by atoms with Crippen molar-refractivity contribution in [2.45, 2.75) is 6.54 Å². The number of thiophene rings is 1. The maximum absolute atomic E-state index is 13.4. The number of rotatable bonds is 5. The molecule has 0 fully saturated rings. The molecule has 0 atom stereocenters. The predicted octanol–water partition coefficient (Wildman–Crippen LogP) is 4.18. The molecule has 162 valence electrons. The van der Waals surface area contributed by atoms with Crippen LogP contribution < -0.4 is 9.47 Å². The minimum absolute atomic E-state index is 0.0674. The lowest BCUT2D eigenvalue weighted by Gasteiger charge is -2.20. The molecule has 32 heavy (non-hydrogen) atoms. The average molecular weight is 450 g/mol. The van der Waals surface area contributed by atoms with Crippen LogP contribution in [0.15, 0.2) is 60.0 Å². The third-order valence-corrected chi connectivity index (χ3v) is 5.85. The Morgan fingerprint density at radius 2 is 1.91 bits per heavy atom. The third kappa shape index (κ3) is 3.94. The zero-order valence-corrected chi connectivity index (χ0v) is 18.0. The second kappa shape index (κ2) is 8.43. The molecule has 2 aromatic heterocycles. The topological polar surface area (TPSA) is 69.5 Å². The number of amides is 1. The van der Waals surface area contributed by atoms with Gasteiger partial charge in [0, 0.05) is 13.6 Å². The number of aromatic nitrogens is 3. The molecule has 4 aromatic rings. The second-order valence-electron chi connectivity index (χ2n) is 7.26. The Morgan fingerprint density at radius 1 is 1.12 bits per heavy atom. The first-order valence-corrected chi connectivity index (χ1v) is 10.9. The number of benzene rings is 2. The molecule has 0 spiro atoms. The van der Waals surface area contributed by atoms with E-state index in [-0.39, 0.29) is 17.5 Å². The smallest absolute Gasteiger partial charge is 0.293 e. The molecule has 0 radical (unpaired) electrons. The largest absolute Gasteiger partial charge is 0.486 e. The Kier molecular flexibility index (Phi) is 5.32. The van der Waals surface area contributed by atoms with E-state index in [1.54, 1.807) is 28.8 Å². The first-order valence-electron chi connectivity index (χ1n) is 9.99. The van der Waals surface area contributed by atoms with Gasteiger partial charge in [0.2, 0.25) is 5.82 Å². The molecule has 2 aromatic carbocycles. The first kappa shape index (κ1) is 20.2. The van der Waals surface area contributed by atoms with Crippen LogP contribution in [0.3, 0.4) is 0 Å². The zero-order valence-electron chi connectivity index (χ0n) is 17.2. The minimum atomic E-state index is -0.345. The Labute approximate surface area is 187 Å². The van der Waals surface area contributed by atoms with Gasteiger partial charge in [-0.3, -0.25) is 4.79 Å². The average Bonchev–Trinajstić information content (AvgIpc) is 3.49. The number of carbonyl (C=O) groups is 1. The Morgan fingerprint density at radius 3 is 2.66 bits per heavy atom. The van der Waals surface area contributed by atoms with E-state index in [0.29, 0.717) is 42.8 Å². The van der Waals surface area contributed by atoms with Gasteiger partial charge in [-0.2, -0.15) is 0 Å². The molecule has 0 saturated heterocycles. The molecule has 0 aliphatic carbocycles. The van der Waals surface area contributed by atoms with E-state index in [9.17, 15) is 9.18 Å². The maximum Gasteiger partial charge on any atom is 0.293 e. The number of ether oxygens (including phenoxy) is 2. The molecular weight excluding hydrogens is 431 g/mol. The van der Waals surface area contributed by atoms with Crippen LogP contribution in [0.1, 0.15) is 16.2 Å². The van der Waals surface area contributed by atoms with Crippen molar-refractivity contribution in [1.82, 2.24) is 19.7 Å². The van der Waals surface area contributed by atoms with Crippen molar-refractivity contribution in [3.63, 3.8) is 0 Å². The molecule has 7 nitrogen and oxygen atoms in total. The van der Waals surface area contributed by atoms with Gasteiger partial charge in [-0.1, -0.05) is 12.1 Å². The predicted molar refractivity (Wildman–Crippen MR) is 118 cm³/mol. The fourth-order valence-corrected chi connectivity index (χ4v) is 4.13. The summed E-state index contributed by atoms with van der Waals surface area (Å²) in [7, 11) is 1.70. The van der Waals surface area contributed by atoms with Crippen LogP contribution in [0.4, 0.5) is 4.39 Å². The first-order chi connectivity index (χ1) is 15.6. The number of halogens is 1. The van der Waals surface area contributed by atoms with Crippen LogP contribution in [0, 0.1) is 5.82 Å². The molecule has 3 heterocycles. The molecule has 0 bridgehead atoms. The van der Waals surface area contributed by atoms with Gasteiger partial charge >= 0.3 is 0 Å². The Bertz CT molecular complexity index is 1250. The SMILES string of the molecule is CN(Cc1ccc2c(c1)OCCO2)C(=O)c1nc(-c2cccs2)n(-c2ccc(F)cc2)n1. The summed E-state index contributed by atoms with van der Waals surface area (Å²) in [6, 6.07) is 15.3. The quantitative estimate of drug-likeness (QED) is 0.456. The summed E-state index contributed by atoms with van der Waals surface area (Å²) in [5.74, 6) is 1.31. The van der Waals surface area contributed by atoms with Gasteiger partial charge < -0.3 is 14.4 Å². The number of fused-ring (bicyclic) bond motifs is 1. The van der Waals surface area contributed by atoms with Gasteiger partial charge in [-0.15, -0.1) is 16.4 Å². The van der Waals surface area contributed by atoms with Crippen molar-refractivity contribution in [2.75, 3.05) is 20.3 Å². The second-order valence-corrected chi connectivity index (χ2v) is 8.21. The number of nitrogens with zero attached hydrogens (tertiary/aromatic N) is 4. The van der Waals surface area contributed by atoms with E-state index < -0.39 is 0 Å². The molecule has 1 amide bonds. The third-order valence-electron chi connectivity index (χ3n) is 4.98. The van der Waals surface area contributed by atoms with Crippen molar-refractivity contribution >= 4 is 17.2 Å². The number of hydrogen-bond acceptors (Lipinski definition) is 6. The molecule has 1 aliphatic rings. The summed E-state index contributed by atoms with van der Waals surface area (Å²) in [6.45, 7) is 1.38. The Hall–Kier alpha value is -3.72. The van der Waals surface area contributed by atoms with Gasteiger partial charge in [0.25, 0.3) is 5.91 Å². The standard InChI is InChI=1S/C23H19FN4O3S/c1-27(14-15-4-9-18-19(13-15)31-11-10-30-18)23(29)21-25-22(20-3-2-12-32-20)28(26-21)17-7-5-16(24)6-8-17/h2-9,12-13H,10-11,14H2,1H3. The van der Waals surface area contributed by atoms with Crippen LogP contribution in [0.25, 0.3) is 16.4 Å². The van der Waals surface area contributed by atoms with Crippen LogP contribution in [-0.2, 0) is 6.54 Å². The molecular formula is C23H19FN4O3S.